The average Bonchev–Trinajstić information content (AvgIpc) is 3.22. The number of carbonyl (C=O) groups excluding carboxylic acids is 1. The summed E-state index contributed by atoms with van der Waals surface area (Å²) in [5, 5.41) is 18.1. The summed E-state index contributed by atoms with van der Waals surface area (Å²) < 4.78 is 7.30. The summed E-state index contributed by atoms with van der Waals surface area (Å²) in [6.45, 7) is 8.58. The highest BCUT2D eigenvalue weighted by Gasteiger charge is 2.34. The molecule has 1 unspecified atom stereocenters. The van der Waals surface area contributed by atoms with E-state index < -0.39 is 6.04 Å². The molecule has 0 aliphatic carbocycles. The van der Waals surface area contributed by atoms with Crippen LogP contribution in [0.3, 0.4) is 0 Å². The number of hydrogen-bond acceptors (Lipinski definition) is 6. The molecule has 0 saturated carbocycles. The summed E-state index contributed by atoms with van der Waals surface area (Å²) in [6, 6.07) is 15.2. The molecular formula is C23H26N6O2. The first-order valence-electron chi connectivity index (χ1n) is 10.4. The van der Waals surface area contributed by atoms with E-state index in [2.05, 4.69) is 52.1 Å². The van der Waals surface area contributed by atoms with Crippen molar-refractivity contribution in [2.75, 3.05) is 17.2 Å². The van der Waals surface area contributed by atoms with Crippen LogP contribution in [0.15, 0.2) is 59.8 Å². The molecule has 1 amide bonds. The smallest absolute Gasteiger partial charge is 0.255 e. The number of anilines is 2. The zero-order valence-corrected chi connectivity index (χ0v) is 18.1. The van der Waals surface area contributed by atoms with E-state index in [9.17, 15) is 4.79 Å². The van der Waals surface area contributed by atoms with Crippen molar-refractivity contribution in [3.8, 4) is 5.75 Å². The van der Waals surface area contributed by atoms with E-state index in [-0.39, 0.29) is 5.91 Å². The number of hydrogen-bond donors (Lipinski definition) is 2. The van der Waals surface area contributed by atoms with Gasteiger partial charge in [-0.25, -0.2) is 0 Å². The van der Waals surface area contributed by atoms with Gasteiger partial charge in [0.15, 0.2) is 0 Å². The van der Waals surface area contributed by atoms with Crippen molar-refractivity contribution in [2.24, 2.45) is 0 Å². The number of fused-ring (bicyclic) bond motifs is 1. The van der Waals surface area contributed by atoms with Crippen molar-refractivity contribution in [1.29, 1.82) is 0 Å². The van der Waals surface area contributed by atoms with Gasteiger partial charge in [-0.15, -0.1) is 0 Å². The molecule has 8 nitrogen and oxygen atoms in total. The fourth-order valence-electron chi connectivity index (χ4n) is 3.72. The highest BCUT2D eigenvalue weighted by Crippen LogP contribution is 2.36. The summed E-state index contributed by atoms with van der Waals surface area (Å²) in [6.07, 6.45) is 0. The molecule has 2 N–H and O–H groups in total. The Kier molecular flexibility index (Phi) is 5.70. The standard InChI is InChI=1S/C23H26N6O2/c1-5-31-19-9-7-6-8-18(19)25-22(30)20-15(4)24-23-26-27-28-29(23)21(20)17-12-10-16(11-13-17)14(2)3/h6-14,21H,5H2,1-4H3,(H,25,30)(H,24,26,28). The Bertz CT molecular complexity index is 1120. The molecule has 2 heterocycles. The fourth-order valence-corrected chi connectivity index (χ4v) is 3.72. The van der Waals surface area contributed by atoms with Crippen LogP contribution in [0.4, 0.5) is 11.6 Å². The second-order valence-corrected chi connectivity index (χ2v) is 7.72. The minimum absolute atomic E-state index is 0.240. The number of allylic oxidation sites excluding steroid dienone is 1. The Hall–Kier alpha value is -3.68. The third kappa shape index (κ3) is 4.01. The van der Waals surface area contributed by atoms with Gasteiger partial charge in [-0.3, -0.25) is 4.79 Å². The number of amides is 1. The van der Waals surface area contributed by atoms with Gasteiger partial charge < -0.3 is 15.4 Å². The molecule has 0 spiro atoms. The van der Waals surface area contributed by atoms with E-state index in [1.54, 1.807) is 4.68 Å². The number of nitrogens with one attached hydrogen (secondary N) is 2. The second kappa shape index (κ2) is 8.59. The number of tetrazole rings is 1. The lowest BCUT2D eigenvalue weighted by molar-refractivity contribution is -0.113. The van der Waals surface area contributed by atoms with Gasteiger partial charge in [0.05, 0.1) is 17.9 Å². The molecule has 0 bridgehead atoms. The molecule has 0 radical (unpaired) electrons. The summed E-state index contributed by atoms with van der Waals surface area (Å²) in [5.74, 6) is 1.31. The maximum Gasteiger partial charge on any atom is 0.255 e. The monoisotopic (exact) mass is 418 g/mol. The van der Waals surface area contributed by atoms with Crippen LogP contribution in [0.1, 0.15) is 50.8 Å². The third-order valence-corrected chi connectivity index (χ3v) is 5.31. The maximum atomic E-state index is 13.5. The van der Waals surface area contributed by atoms with Crippen molar-refractivity contribution >= 4 is 17.5 Å². The van der Waals surface area contributed by atoms with Crippen LogP contribution in [0.5, 0.6) is 5.75 Å². The Morgan fingerprint density at radius 3 is 2.65 bits per heavy atom. The average molecular weight is 419 g/mol. The Balaban J connectivity index is 1.73. The van der Waals surface area contributed by atoms with Crippen LogP contribution in [0.25, 0.3) is 0 Å². The molecule has 0 saturated heterocycles. The van der Waals surface area contributed by atoms with E-state index in [1.807, 2.05) is 50.2 Å². The first-order valence-corrected chi connectivity index (χ1v) is 10.4. The summed E-state index contributed by atoms with van der Waals surface area (Å²) >= 11 is 0. The van der Waals surface area contributed by atoms with Gasteiger partial charge in [-0.2, -0.15) is 4.68 Å². The van der Waals surface area contributed by atoms with Gasteiger partial charge in [0.1, 0.15) is 11.8 Å². The normalized spacial score (nSPS) is 15.5. The van der Waals surface area contributed by atoms with Crippen LogP contribution in [0.2, 0.25) is 0 Å². The summed E-state index contributed by atoms with van der Waals surface area (Å²) in [4.78, 5) is 13.5. The van der Waals surface area contributed by atoms with Crippen molar-refractivity contribution in [3.05, 3.63) is 70.9 Å². The number of ether oxygens (including phenoxy) is 1. The maximum absolute atomic E-state index is 13.5. The molecule has 1 aliphatic rings. The van der Waals surface area contributed by atoms with Crippen molar-refractivity contribution < 1.29 is 9.53 Å². The lowest BCUT2D eigenvalue weighted by Gasteiger charge is -2.28. The SMILES string of the molecule is CCOc1ccccc1NC(=O)C1=C(C)Nc2nnnn2C1c1ccc(C(C)C)cc1. The fraction of sp³-hybridized carbons (Fsp3) is 0.304. The number of benzene rings is 2. The lowest BCUT2D eigenvalue weighted by Crippen LogP contribution is -2.31. The molecule has 0 fully saturated rings. The van der Waals surface area contributed by atoms with Gasteiger partial charge in [0.25, 0.3) is 5.91 Å². The van der Waals surface area contributed by atoms with Gasteiger partial charge in [-0.1, -0.05) is 55.3 Å². The number of aromatic nitrogens is 4. The highest BCUT2D eigenvalue weighted by atomic mass is 16.5. The number of nitrogens with zero attached hydrogens (tertiary/aromatic N) is 4. The number of rotatable bonds is 6. The summed E-state index contributed by atoms with van der Waals surface area (Å²) in [7, 11) is 0. The molecule has 1 atom stereocenters. The third-order valence-electron chi connectivity index (χ3n) is 5.31. The molecule has 1 aliphatic heterocycles. The van der Waals surface area contributed by atoms with E-state index in [0.29, 0.717) is 41.2 Å². The van der Waals surface area contributed by atoms with Crippen LogP contribution >= 0.6 is 0 Å². The first-order chi connectivity index (χ1) is 15.0. The lowest BCUT2D eigenvalue weighted by atomic mass is 9.92. The molecule has 4 rings (SSSR count). The van der Waals surface area contributed by atoms with Crippen LogP contribution in [0, 0.1) is 0 Å². The predicted octanol–water partition coefficient (Wildman–Crippen LogP) is 4.12. The van der Waals surface area contributed by atoms with E-state index in [1.165, 1.54) is 5.56 Å². The van der Waals surface area contributed by atoms with Crippen LogP contribution in [-0.4, -0.2) is 32.7 Å². The van der Waals surface area contributed by atoms with Crippen molar-refractivity contribution in [2.45, 2.75) is 39.7 Å². The highest BCUT2D eigenvalue weighted by molar-refractivity contribution is 6.06. The molecule has 3 aromatic rings. The molecule has 160 valence electrons. The van der Waals surface area contributed by atoms with E-state index in [4.69, 9.17) is 4.74 Å². The van der Waals surface area contributed by atoms with Gasteiger partial charge in [0, 0.05) is 5.70 Å². The number of carbonyl (C=O) groups is 1. The second-order valence-electron chi connectivity index (χ2n) is 7.72. The Morgan fingerprint density at radius 2 is 1.94 bits per heavy atom. The quantitative estimate of drug-likeness (QED) is 0.625. The number of para-hydroxylation sites is 2. The molecule has 1 aromatic heterocycles. The van der Waals surface area contributed by atoms with Crippen molar-refractivity contribution in [3.63, 3.8) is 0 Å². The van der Waals surface area contributed by atoms with E-state index >= 15 is 0 Å². The van der Waals surface area contributed by atoms with Gasteiger partial charge in [-0.05, 0) is 53.5 Å². The zero-order valence-electron chi connectivity index (χ0n) is 18.1. The van der Waals surface area contributed by atoms with Crippen LogP contribution in [-0.2, 0) is 4.79 Å². The Morgan fingerprint density at radius 1 is 1.19 bits per heavy atom. The largest absolute Gasteiger partial charge is 0.492 e. The van der Waals surface area contributed by atoms with Crippen LogP contribution < -0.4 is 15.4 Å². The summed E-state index contributed by atoms with van der Waals surface area (Å²) in [5.41, 5.74) is 4.02. The van der Waals surface area contributed by atoms with Crippen molar-refractivity contribution in [1.82, 2.24) is 20.2 Å². The topological polar surface area (TPSA) is 94.0 Å². The molecule has 31 heavy (non-hydrogen) atoms. The first kappa shape index (κ1) is 20.6. The Labute approximate surface area is 181 Å². The molecule has 8 heteroatoms. The molecular weight excluding hydrogens is 392 g/mol. The van der Waals surface area contributed by atoms with E-state index in [0.717, 1.165) is 5.56 Å². The minimum Gasteiger partial charge on any atom is -0.492 e. The van der Waals surface area contributed by atoms with Gasteiger partial charge >= 0.3 is 0 Å². The molecule has 2 aromatic carbocycles. The minimum atomic E-state index is -0.452. The predicted molar refractivity (Wildman–Crippen MR) is 119 cm³/mol. The van der Waals surface area contributed by atoms with Gasteiger partial charge in [0.2, 0.25) is 5.95 Å². The zero-order chi connectivity index (χ0) is 22.0.